The second-order valence-corrected chi connectivity index (χ2v) is 6.85. The zero-order valence-electron chi connectivity index (χ0n) is 13.5. The topological polar surface area (TPSA) is 71.1 Å². The normalized spacial score (nSPS) is 13.2. The molecule has 0 atom stereocenters. The molecule has 1 aromatic heterocycles. The molecule has 2 aromatic carbocycles. The van der Waals surface area contributed by atoms with Crippen LogP contribution in [-0.2, 0) is 4.79 Å². The lowest BCUT2D eigenvalue weighted by Gasteiger charge is -2.17. The van der Waals surface area contributed by atoms with Crippen molar-refractivity contribution in [3.05, 3.63) is 59.8 Å². The standard InChI is InChI=1S/C19H15N3O2S/c1-11-8-14(13-4-2-3-5-15(13)20-11)19(24)21-12-6-7-17-16(9-12)22-18(23)10-25-17/h2-9H,10H2,1H3,(H,21,24)(H,22,23). The minimum atomic E-state index is -0.198. The Labute approximate surface area is 148 Å². The number of pyridine rings is 1. The van der Waals surface area contributed by atoms with Gasteiger partial charge in [0.05, 0.1) is 22.5 Å². The van der Waals surface area contributed by atoms with Crippen LogP contribution >= 0.6 is 11.8 Å². The van der Waals surface area contributed by atoms with Gasteiger partial charge in [-0.1, -0.05) is 18.2 Å². The lowest BCUT2D eigenvalue weighted by Crippen LogP contribution is -2.19. The van der Waals surface area contributed by atoms with Crippen molar-refractivity contribution < 1.29 is 9.59 Å². The van der Waals surface area contributed by atoms with Crippen LogP contribution in [0.5, 0.6) is 0 Å². The van der Waals surface area contributed by atoms with E-state index in [0.29, 0.717) is 17.0 Å². The molecule has 0 unspecified atom stereocenters. The van der Waals surface area contributed by atoms with Crippen molar-refractivity contribution in [2.45, 2.75) is 11.8 Å². The highest BCUT2D eigenvalue weighted by atomic mass is 32.2. The van der Waals surface area contributed by atoms with E-state index >= 15 is 0 Å². The van der Waals surface area contributed by atoms with E-state index < -0.39 is 0 Å². The highest BCUT2D eigenvalue weighted by Gasteiger charge is 2.17. The molecule has 0 aliphatic carbocycles. The SMILES string of the molecule is Cc1cc(C(=O)Nc2ccc3c(c2)NC(=O)CS3)c2ccccc2n1. The van der Waals surface area contributed by atoms with E-state index in [1.165, 1.54) is 11.8 Å². The van der Waals surface area contributed by atoms with Gasteiger partial charge >= 0.3 is 0 Å². The van der Waals surface area contributed by atoms with Gasteiger partial charge in [0, 0.05) is 21.7 Å². The van der Waals surface area contributed by atoms with Gasteiger partial charge in [0.1, 0.15) is 0 Å². The van der Waals surface area contributed by atoms with Gasteiger partial charge < -0.3 is 10.6 Å². The monoisotopic (exact) mass is 349 g/mol. The van der Waals surface area contributed by atoms with Crippen LogP contribution in [0.3, 0.4) is 0 Å². The molecule has 0 radical (unpaired) electrons. The fourth-order valence-corrected chi connectivity index (χ4v) is 3.64. The largest absolute Gasteiger partial charge is 0.324 e. The summed E-state index contributed by atoms with van der Waals surface area (Å²) in [5.74, 6) is 0.189. The van der Waals surface area contributed by atoms with Crippen LogP contribution in [0.25, 0.3) is 10.9 Å². The van der Waals surface area contributed by atoms with Crippen molar-refractivity contribution in [2.24, 2.45) is 0 Å². The summed E-state index contributed by atoms with van der Waals surface area (Å²) in [7, 11) is 0. The van der Waals surface area contributed by atoms with E-state index in [1.807, 2.05) is 43.3 Å². The lowest BCUT2D eigenvalue weighted by atomic mass is 10.1. The summed E-state index contributed by atoms with van der Waals surface area (Å²) < 4.78 is 0. The molecule has 3 aromatic rings. The number of carbonyl (C=O) groups is 2. The Balaban J connectivity index is 1.67. The molecule has 2 N–H and O–H groups in total. The number of benzene rings is 2. The van der Waals surface area contributed by atoms with Crippen molar-refractivity contribution in [1.29, 1.82) is 0 Å². The third-order valence-corrected chi connectivity index (χ3v) is 5.03. The molecule has 0 saturated heterocycles. The molecule has 0 saturated carbocycles. The Kier molecular flexibility index (Phi) is 3.89. The molecule has 0 fully saturated rings. The molecule has 6 heteroatoms. The van der Waals surface area contributed by atoms with E-state index in [4.69, 9.17) is 0 Å². The second-order valence-electron chi connectivity index (χ2n) is 5.83. The van der Waals surface area contributed by atoms with Gasteiger partial charge in [0.25, 0.3) is 5.91 Å². The molecule has 0 spiro atoms. The maximum absolute atomic E-state index is 12.8. The zero-order chi connectivity index (χ0) is 17.4. The lowest BCUT2D eigenvalue weighted by molar-refractivity contribution is -0.113. The number of thioether (sulfide) groups is 1. The van der Waals surface area contributed by atoms with Gasteiger partial charge in [-0.3, -0.25) is 14.6 Å². The summed E-state index contributed by atoms with van der Waals surface area (Å²) >= 11 is 1.49. The average molecular weight is 349 g/mol. The summed E-state index contributed by atoms with van der Waals surface area (Å²) in [6, 6.07) is 14.9. The Bertz CT molecular complexity index is 1020. The second kappa shape index (κ2) is 6.22. The minimum Gasteiger partial charge on any atom is -0.324 e. The summed E-state index contributed by atoms with van der Waals surface area (Å²) in [4.78, 5) is 29.8. The van der Waals surface area contributed by atoms with Crippen LogP contribution in [0, 0.1) is 6.92 Å². The third kappa shape index (κ3) is 3.08. The van der Waals surface area contributed by atoms with Gasteiger partial charge in [-0.15, -0.1) is 11.8 Å². The Morgan fingerprint density at radius 2 is 2.04 bits per heavy atom. The number of aromatic nitrogens is 1. The number of amides is 2. The number of carbonyl (C=O) groups excluding carboxylic acids is 2. The van der Waals surface area contributed by atoms with Crippen LogP contribution in [0.15, 0.2) is 53.4 Å². The number of anilines is 2. The number of rotatable bonds is 2. The first kappa shape index (κ1) is 15.7. The summed E-state index contributed by atoms with van der Waals surface area (Å²) in [6.45, 7) is 1.87. The van der Waals surface area contributed by atoms with Crippen LogP contribution in [0.1, 0.15) is 16.1 Å². The van der Waals surface area contributed by atoms with Gasteiger partial charge in [-0.05, 0) is 37.3 Å². The molecule has 25 heavy (non-hydrogen) atoms. The van der Waals surface area contributed by atoms with Crippen LogP contribution in [0.4, 0.5) is 11.4 Å². The van der Waals surface area contributed by atoms with Crippen molar-refractivity contribution in [1.82, 2.24) is 4.98 Å². The number of para-hydroxylation sites is 1. The highest BCUT2D eigenvalue weighted by molar-refractivity contribution is 8.00. The zero-order valence-corrected chi connectivity index (χ0v) is 14.3. The van der Waals surface area contributed by atoms with E-state index in [-0.39, 0.29) is 11.8 Å². The van der Waals surface area contributed by atoms with Gasteiger partial charge in [-0.2, -0.15) is 0 Å². The molecule has 1 aliphatic rings. The summed E-state index contributed by atoms with van der Waals surface area (Å²) in [5.41, 5.74) is 3.54. The molecular weight excluding hydrogens is 334 g/mol. The smallest absolute Gasteiger partial charge is 0.256 e. The van der Waals surface area contributed by atoms with Crippen molar-refractivity contribution in [3.63, 3.8) is 0 Å². The number of nitrogens with one attached hydrogen (secondary N) is 2. The predicted octanol–water partition coefficient (Wildman–Crippen LogP) is 3.84. The van der Waals surface area contributed by atoms with Gasteiger partial charge in [0.2, 0.25) is 5.91 Å². The van der Waals surface area contributed by atoms with E-state index in [1.54, 1.807) is 12.1 Å². The van der Waals surface area contributed by atoms with Gasteiger partial charge in [-0.25, -0.2) is 0 Å². The molecular formula is C19H15N3O2S. The van der Waals surface area contributed by atoms with E-state index in [9.17, 15) is 9.59 Å². The minimum absolute atomic E-state index is 0.0308. The Hall–Kier alpha value is -2.86. The predicted molar refractivity (Wildman–Crippen MR) is 100 cm³/mol. The molecule has 5 nitrogen and oxygen atoms in total. The van der Waals surface area contributed by atoms with Crippen LogP contribution < -0.4 is 10.6 Å². The molecule has 0 bridgehead atoms. The number of hydrogen-bond acceptors (Lipinski definition) is 4. The Morgan fingerprint density at radius 1 is 1.20 bits per heavy atom. The molecule has 4 rings (SSSR count). The number of hydrogen-bond donors (Lipinski definition) is 2. The molecule has 124 valence electrons. The maximum atomic E-state index is 12.8. The molecule has 2 heterocycles. The molecule has 1 aliphatic heterocycles. The van der Waals surface area contributed by atoms with Crippen LogP contribution in [0.2, 0.25) is 0 Å². The van der Waals surface area contributed by atoms with E-state index in [2.05, 4.69) is 15.6 Å². The first-order valence-electron chi connectivity index (χ1n) is 7.84. The van der Waals surface area contributed by atoms with E-state index in [0.717, 1.165) is 27.2 Å². The first-order chi connectivity index (χ1) is 12.1. The average Bonchev–Trinajstić information content (AvgIpc) is 2.60. The van der Waals surface area contributed by atoms with Crippen molar-refractivity contribution in [2.75, 3.05) is 16.4 Å². The number of nitrogens with zero attached hydrogens (tertiary/aromatic N) is 1. The summed E-state index contributed by atoms with van der Waals surface area (Å²) in [6.07, 6.45) is 0. The fourth-order valence-electron chi connectivity index (χ4n) is 2.85. The Morgan fingerprint density at radius 3 is 2.92 bits per heavy atom. The summed E-state index contributed by atoms with van der Waals surface area (Å²) in [5, 5.41) is 6.56. The first-order valence-corrected chi connectivity index (χ1v) is 8.83. The quantitative estimate of drug-likeness (QED) is 0.737. The van der Waals surface area contributed by atoms with Crippen LogP contribution in [-0.4, -0.2) is 22.6 Å². The third-order valence-electron chi connectivity index (χ3n) is 3.96. The van der Waals surface area contributed by atoms with Crippen molar-refractivity contribution >= 4 is 45.9 Å². The number of fused-ring (bicyclic) bond motifs is 2. The van der Waals surface area contributed by atoms with Crippen molar-refractivity contribution in [3.8, 4) is 0 Å². The fraction of sp³-hybridized carbons (Fsp3) is 0.105. The molecule has 2 amide bonds. The highest BCUT2D eigenvalue weighted by Crippen LogP contribution is 2.33. The number of aryl methyl sites for hydroxylation is 1. The van der Waals surface area contributed by atoms with Gasteiger partial charge in [0.15, 0.2) is 0 Å². The maximum Gasteiger partial charge on any atom is 0.256 e.